The summed E-state index contributed by atoms with van der Waals surface area (Å²) >= 11 is 6.22. The maximum atomic E-state index is 12.8. The summed E-state index contributed by atoms with van der Waals surface area (Å²) in [5.41, 5.74) is 6.36. The van der Waals surface area contributed by atoms with Crippen molar-refractivity contribution in [3.05, 3.63) is 34.9 Å². The highest BCUT2D eigenvalue weighted by Crippen LogP contribution is 2.32. The largest absolute Gasteiger partial charge is 0.338 e. The molecule has 0 saturated heterocycles. The van der Waals surface area contributed by atoms with E-state index in [2.05, 4.69) is 0 Å². The van der Waals surface area contributed by atoms with Crippen molar-refractivity contribution in [3.8, 4) is 0 Å². The predicted octanol–water partition coefficient (Wildman–Crippen LogP) is 3.62. The molecule has 2 N–H and O–H groups in total. The number of halogens is 1. The van der Waals surface area contributed by atoms with Crippen LogP contribution in [0.15, 0.2) is 24.3 Å². The lowest BCUT2D eigenvalue weighted by Gasteiger charge is -2.36. The van der Waals surface area contributed by atoms with Crippen molar-refractivity contribution in [2.75, 3.05) is 13.6 Å². The van der Waals surface area contributed by atoms with Gasteiger partial charge in [-0.25, -0.2) is 0 Å². The standard InChI is InChI=1S/C16H25ClN2O/c1-5-16(6-2,11-18)15(20)19(4)12(3)13-9-7-8-10-14(13)17/h7-10,12H,5-6,11,18H2,1-4H3. The van der Waals surface area contributed by atoms with Crippen LogP contribution in [-0.2, 0) is 4.79 Å². The van der Waals surface area contributed by atoms with Gasteiger partial charge in [0, 0.05) is 18.6 Å². The number of nitrogens with zero attached hydrogens (tertiary/aromatic N) is 1. The number of carbonyl (C=O) groups is 1. The van der Waals surface area contributed by atoms with Crippen LogP contribution in [0.25, 0.3) is 0 Å². The average molecular weight is 297 g/mol. The number of hydrogen-bond acceptors (Lipinski definition) is 2. The van der Waals surface area contributed by atoms with E-state index in [1.165, 1.54) is 0 Å². The molecule has 1 aromatic rings. The van der Waals surface area contributed by atoms with E-state index >= 15 is 0 Å². The second-order valence-corrected chi connectivity index (χ2v) is 5.71. The highest BCUT2D eigenvalue weighted by atomic mass is 35.5. The first kappa shape index (κ1) is 17.0. The Bertz CT molecular complexity index is 449. The highest BCUT2D eigenvalue weighted by molar-refractivity contribution is 6.31. The first-order chi connectivity index (χ1) is 9.43. The molecule has 1 rings (SSSR count). The minimum absolute atomic E-state index is 0.0692. The van der Waals surface area contributed by atoms with Crippen LogP contribution in [0.4, 0.5) is 0 Å². The molecule has 0 heterocycles. The van der Waals surface area contributed by atoms with E-state index < -0.39 is 5.41 Å². The van der Waals surface area contributed by atoms with E-state index in [1.54, 1.807) is 4.90 Å². The van der Waals surface area contributed by atoms with Gasteiger partial charge in [-0.05, 0) is 31.4 Å². The second kappa shape index (κ2) is 7.09. The predicted molar refractivity (Wildman–Crippen MR) is 84.7 cm³/mol. The minimum atomic E-state index is -0.468. The van der Waals surface area contributed by atoms with Crippen LogP contribution in [0.3, 0.4) is 0 Å². The summed E-state index contributed by atoms with van der Waals surface area (Å²) in [6.45, 7) is 6.40. The molecule has 0 aliphatic carbocycles. The number of carbonyl (C=O) groups excluding carboxylic acids is 1. The van der Waals surface area contributed by atoms with Gasteiger partial charge in [0.15, 0.2) is 0 Å². The molecule has 0 spiro atoms. The summed E-state index contributed by atoms with van der Waals surface area (Å²) < 4.78 is 0. The van der Waals surface area contributed by atoms with E-state index in [1.807, 2.05) is 52.1 Å². The Hall–Kier alpha value is -1.06. The van der Waals surface area contributed by atoms with Crippen LogP contribution in [0.2, 0.25) is 5.02 Å². The molecule has 4 heteroatoms. The monoisotopic (exact) mass is 296 g/mol. The molecule has 0 fully saturated rings. The Balaban J connectivity index is 3.02. The van der Waals surface area contributed by atoms with Crippen molar-refractivity contribution in [1.29, 1.82) is 0 Å². The first-order valence-electron chi connectivity index (χ1n) is 7.15. The molecular weight excluding hydrogens is 272 g/mol. The lowest BCUT2D eigenvalue weighted by atomic mass is 9.80. The quantitative estimate of drug-likeness (QED) is 0.871. The van der Waals surface area contributed by atoms with Gasteiger partial charge < -0.3 is 10.6 Å². The van der Waals surface area contributed by atoms with Crippen LogP contribution in [0.5, 0.6) is 0 Å². The van der Waals surface area contributed by atoms with Crippen LogP contribution in [0, 0.1) is 5.41 Å². The third-order valence-electron chi connectivity index (χ3n) is 4.45. The maximum absolute atomic E-state index is 12.8. The molecule has 0 radical (unpaired) electrons. The van der Waals surface area contributed by atoms with Gasteiger partial charge in [-0.2, -0.15) is 0 Å². The van der Waals surface area contributed by atoms with Crippen LogP contribution >= 0.6 is 11.6 Å². The summed E-state index contributed by atoms with van der Waals surface area (Å²) in [7, 11) is 1.83. The molecule has 112 valence electrons. The molecular formula is C16H25ClN2O. The topological polar surface area (TPSA) is 46.3 Å². The molecule has 1 amide bonds. The molecule has 0 bridgehead atoms. The van der Waals surface area contributed by atoms with Gasteiger partial charge in [0.2, 0.25) is 5.91 Å². The van der Waals surface area contributed by atoms with Crippen molar-refractivity contribution in [2.24, 2.45) is 11.1 Å². The van der Waals surface area contributed by atoms with E-state index in [0.717, 1.165) is 18.4 Å². The van der Waals surface area contributed by atoms with Crippen LogP contribution < -0.4 is 5.73 Å². The van der Waals surface area contributed by atoms with Gasteiger partial charge in [0.1, 0.15) is 0 Å². The number of hydrogen-bond donors (Lipinski definition) is 1. The van der Waals surface area contributed by atoms with E-state index in [-0.39, 0.29) is 11.9 Å². The van der Waals surface area contributed by atoms with E-state index in [9.17, 15) is 4.79 Å². The van der Waals surface area contributed by atoms with Crippen LogP contribution in [-0.4, -0.2) is 24.4 Å². The fraction of sp³-hybridized carbons (Fsp3) is 0.562. The molecule has 0 aromatic heterocycles. The van der Waals surface area contributed by atoms with Crippen molar-refractivity contribution < 1.29 is 4.79 Å². The smallest absolute Gasteiger partial charge is 0.230 e. The van der Waals surface area contributed by atoms with Crippen molar-refractivity contribution in [3.63, 3.8) is 0 Å². The van der Waals surface area contributed by atoms with Gasteiger partial charge in [-0.3, -0.25) is 4.79 Å². The average Bonchev–Trinajstić information content (AvgIpc) is 2.48. The number of rotatable bonds is 6. The summed E-state index contributed by atoms with van der Waals surface area (Å²) in [6.07, 6.45) is 1.50. The molecule has 3 nitrogen and oxygen atoms in total. The molecule has 0 aliphatic heterocycles. The van der Waals surface area contributed by atoms with Gasteiger partial charge >= 0.3 is 0 Å². The Morgan fingerprint density at radius 3 is 2.35 bits per heavy atom. The van der Waals surface area contributed by atoms with E-state index in [0.29, 0.717) is 11.6 Å². The van der Waals surface area contributed by atoms with Crippen LogP contribution in [0.1, 0.15) is 45.2 Å². The lowest BCUT2D eigenvalue weighted by Crippen LogP contribution is -2.46. The second-order valence-electron chi connectivity index (χ2n) is 5.31. The highest BCUT2D eigenvalue weighted by Gasteiger charge is 2.37. The fourth-order valence-corrected chi connectivity index (χ4v) is 2.79. The molecule has 1 aromatic carbocycles. The molecule has 0 aliphatic rings. The molecule has 0 saturated carbocycles. The Morgan fingerprint density at radius 1 is 1.35 bits per heavy atom. The van der Waals surface area contributed by atoms with Gasteiger partial charge in [-0.1, -0.05) is 43.6 Å². The van der Waals surface area contributed by atoms with Gasteiger partial charge in [0.05, 0.1) is 11.5 Å². The Kier molecular flexibility index (Phi) is 6.03. The summed E-state index contributed by atoms with van der Waals surface area (Å²) in [5.74, 6) is 0.0948. The summed E-state index contributed by atoms with van der Waals surface area (Å²) in [5, 5.41) is 0.686. The Labute approximate surface area is 127 Å². The lowest BCUT2D eigenvalue weighted by molar-refractivity contribution is -0.142. The molecule has 1 unspecified atom stereocenters. The van der Waals surface area contributed by atoms with Crippen molar-refractivity contribution >= 4 is 17.5 Å². The van der Waals surface area contributed by atoms with Crippen molar-refractivity contribution in [2.45, 2.75) is 39.7 Å². The SMILES string of the molecule is CCC(CC)(CN)C(=O)N(C)C(C)c1ccccc1Cl. The zero-order chi connectivity index (χ0) is 15.3. The summed E-state index contributed by atoms with van der Waals surface area (Å²) in [4.78, 5) is 14.6. The first-order valence-corrected chi connectivity index (χ1v) is 7.53. The number of amides is 1. The zero-order valence-electron chi connectivity index (χ0n) is 12.8. The molecule has 20 heavy (non-hydrogen) atoms. The maximum Gasteiger partial charge on any atom is 0.230 e. The van der Waals surface area contributed by atoms with Gasteiger partial charge in [-0.15, -0.1) is 0 Å². The zero-order valence-corrected chi connectivity index (χ0v) is 13.6. The molecule has 1 atom stereocenters. The minimum Gasteiger partial charge on any atom is -0.338 e. The van der Waals surface area contributed by atoms with Gasteiger partial charge in [0.25, 0.3) is 0 Å². The number of nitrogens with two attached hydrogens (primary N) is 1. The van der Waals surface area contributed by atoms with Crippen molar-refractivity contribution in [1.82, 2.24) is 4.90 Å². The Morgan fingerprint density at radius 2 is 1.90 bits per heavy atom. The summed E-state index contributed by atoms with van der Waals surface area (Å²) in [6, 6.07) is 7.56. The third kappa shape index (κ3) is 3.15. The number of benzene rings is 1. The van der Waals surface area contributed by atoms with E-state index in [4.69, 9.17) is 17.3 Å². The fourth-order valence-electron chi connectivity index (χ4n) is 2.50. The third-order valence-corrected chi connectivity index (χ3v) is 4.80. The normalized spacial score (nSPS) is 13.1.